The second-order valence-corrected chi connectivity index (χ2v) is 4.68. The van der Waals surface area contributed by atoms with Crippen LogP contribution in [-0.4, -0.2) is 32.4 Å². The van der Waals surface area contributed by atoms with Gasteiger partial charge in [0.05, 0.1) is 0 Å². The molecule has 0 saturated carbocycles. The molecular formula is C16H24FNO3. The predicted molar refractivity (Wildman–Crippen MR) is 81.5 cm³/mol. The van der Waals surface area contributed by atoms with E-state index >= 15 is 0 Å². The van der Waals surface area contributed by atoms with Crippen molar-refractivity contribution >= 4 is 11.6 Å². The molecule has 0 aliphatic heterocycles. The van der Waals surface area contributed by atoms with Gasteiger partial charge in [-0.05, 0) is 37.1 Å². The summed E-state index contributed by atoms with van der Waals surface area (Å²) in [5.74, 6) is 0.557. The van der Waals surface area contributed by atoms with Crippen LogP contribution in [0.2, 0.25) is 0 Å². The zero-order chi connectivity index (χ0) is 15.3. The van der Waals surface area contributed by atoms with E-state index in [1.54, 1.807) is 24.3 Å². The summed E-state index contributed by atoms with van der Waals surface area (Å²) in [5, 5.41) is 2.80. The van der Waals surface area contributed by atoms with Crippen LogP contribution in [0, 0.1) is 0 Å². The molecule has 1 aromatic rings. The van der Waals surface area contributed by atoms with Crippen molar-refractivity contribution in [1.29, 1.82) is 0 Å². The van der Waals surface area contributed by atoms with Gasteiger partial charge in [0.25, 0.3) is 0 Å². The third-order valence-electron chi connectivity index (χ3n) is 2.82. The van der Waals surface area contributed by atoms with E-state index in [-0.39, 0.29) is 12.5 Å². The Hall–Kier alpha value is -1.62. The summed E-state index contributed by atoms with van der Waals surface area (Å²) in [6, 6.07) is 6.89. The molecule has 0 aliphatic carbocycles. The highest BCUT2D eigenvalue weighted by atomic mass is 19.1. The minimum Gasteiger partial charge on any atom is -0.491 e. The maximum atomic E-state index is 12.0. The van der Waals surface area contributed by atoms with E-state index in [2.05, 4.69) is 12.2 Å². The molecule has 21 heavy (non-hydrogen) atoms. The Morgan fingerprint density at radius 2 is 1.86 bits per heavy atom. The molecule has 1 rings (SSSR count). The van der Waals surface area contributed by atoms with Gasteiger partial charge in [0.15, 0.2) is 0 Å². The zero-order valence-electron chi connectivity index (χ0n) is 12.6. The Morgan fingerprint density at radius 1 is 1.14 bits per heavy atom. The molecule has 4 nitrogen and oxygen atoms in total. The lowest BCUT2D eigenvalue weighted by Gasteiger charge is -2.07. The SMILES string of the molecule is CCCCOCCCC(=O)Nc1ccc(OCCF)cc1. The molecule has 1 N–H and O–H groups in total. The van der Waals surface area contributed by atoms with Gasteiger partial charge in [-0.2, -0.15) is 0 Å². The zero-order valence-corrected chi connectivity index (χ0v) is 12.6. The highest BCUT2D eigenvalue weighted by molar-refractivity contribution is 5.90. The number of nitrogens with one attached hydrogen (secondary N) is 1. The number of anilines is 1. The molecule has 0 unspecified atom stereocenters. The summed E-state index contributed by atoms with van der Waals surface area (Å²) in [4.78, 5) is 11.7. The van der Waals surface area contributed by atoms with E-state index in [1.807, 2.05) is 0 Å². The molecule has 0 fully saturated rings. The molecule has 0 saturated heterocycles. The van der Waals surface area contributed by atoms with Gasteiger partial charge in [-0.15, -0.1) is 0 Å². The van der Waals surface area contributed by atoms with Gasteiger partial charge in [-0.1, -0.05) is 13.3 Å². The van der Waals surface area contributed by atoms with Gasteiger partial charge in [0.1, 0.15) is 19.0 Å². The number of carbonyl (C=O) groups excluding carboxylic acids is 1. The van der Waals surface area contributed by atoms with E-state index in [0.717, 1.165) is 19.4 Å². The van der Waals surface area contributed by atoms with Crippen LogP contribution in [0.3, 0.4) is 0 Å². The maximum absolute atomic E-state index is 12.0. The first kappa shape index (κ1) is 17.4. The fourth-order valence-electron chi connectivity index (χ4n) is 1.70. The van der Waals surface area contributed by atoms with Crippen molar-refractivity contribution in [3.05, 3.63) is 24.3 Å². The molecule has 118 valence electrons. The van der Waals surface area contributed by atoms with Crippen LogP contribution in [0.4, 0.5) is 10.1 Å². The Labute approximate surface area is 125 Å². The molecule has 1 amide bonds. The molecule has 0 heterocycles. The third kappa shape index (κ3) is 8.30. The molecule has 0 atom stereocenters. The van der Waals surface area contributed by atoms with Crippen molar-refractivity contribution in [3.8, 4) is 5.75 Å². The van der Waals surface area contributed by atoms with E-state index < -0.39 is 6.67 Å². The lowest BCUT2D eigenvalue weighted by Crippen LogP contribution is -2.12. The number of hydrogen-bond donors (Lipinski definition) is 1. The van der Waals surface area contributed by atoms with E-state index in [0.29, 0.717) is 30.9 Å². The maximum Gasteiger partial charge on any atom is 0.224 e. The Balaban J connectivity index is 2.18. The van der Waals surface area contributed by atoms with Crippen molar-refractivity contribution < 1.29 is 18.7 Å². The Morgan fingerprint density at radius 3 is 2.52 bits per heavy atom. The number of alkyl halides is 1. The Kier molecular flexibility index (Phi) is 9.20. The fraction of sp³-hybridized carbons (Fsp3) is 0.562. The number of halogens is 1. The van der Waals surface area contributed by atoms with Crippen molar-refractivity contribution in [2.45, 2.75) is 32.6 Å². The first-order valence-electron chi connectivity index (χ1n) is 7.42. The van der Waals surface area contributed by atoms with Crippen LogP contribution >= 0.6 is 0 Å². The van der Waals surface area contributed by atoms with Gasteiger partial charge in [0, 0.05) is 25.3 Å². The highest BCUT2D eigenvalue weighted by Crippen LogP contribution is 2.15. The molecule has 0 spiro atoms. The minimum atomic E-state index is -0.515. The number of ether oxygens (including phenoxy) is 2. The molecule has 0 aliphatic rings. The number of carbonyl (C=O) groups is 1. The predicted octanol–water partition coefficient (Wildman–Crippen LogP) is 3.57. The standard InChI is InChI=1S/C16H24FNO3/c1-2-3-11-20-12-4-5-16(19)18-14-6-8-15(9-7-14)21-13-10-17/h6-9H,2-5,10-13H2,1H3,(H,18,19). The monoisotopic (exact) mass is 297 g/mol. The summed E-state index contributed by atoms with van der Waals surface area (Å²) in [6.45, 7) is 3.02. The average Bonchev–Trinajstić information content (AvgIpc) is 2.50. The van der Waals surface area contributed by atoms with Gasteiger partial charge < -0.3 is 14.8 Å². The van der Waals surface area contributed by atoms with Crippen LogP contribution in [0.5, 0.6) is 5.75 Å². The third-order valence-corrected chi connectivity index (χ3v) is 2.82. The summed E-state index contributed by atoms with van der Waals surface area (Å²) in [6.07, 6.45) is 3.33. The fourth-order valence-corrected chi connectivity index (χ4v) is 1.70. The van der Waals surface area contributed by atoms with Crippen LogP contribution in [0.1, 0.15) is 32.6 Å². The smallest absolute Gasteiger partial charge is 0.224 e. The van der Waals surface area contributed by atoms with Crippen LogP contribution < -0.4 is 10.1 Å². The van der Waals surface area contributed by atoms with E-state index in [4.69, 9.17) is 9.47 Å². The van der Waals surface area contributed by atoms with Crippen LogP contribution in [0.25, 0.3) is 0 Å². The largest absolute Gasteiger partial charge is 0.491 e. The van der Waals surface area contributed by atoms with E-state index in [1.165, 1.54) is 0 Å². The number of hydrogen-bond acceptors (Lipinski definition) is 3. The van der Waals surface area contributed by atoms with Crippen LogP contribution in [0.15, 0.2) is 24.3 Å². The van der Waals surface area contributed by atoms with Crippen molar-refractivity contribution in [2.75, 3.05) is 31.8 Å². The summed E-state index contributed by atoms with van der Waals surface area (Å²) >= 11 is 0. The van der Waals surface area contributed by atoms with Crippen molar-refractivity contribution in [3.63, 3.8) is 0 Å². The molecule has 0 bridgehead atoms. The number of rotatable bonds is 11. The van der Waals surface area contributed by atoms with Gasteiger partial charge >= 0.3 is 0 Å². The molecule has 1 aromatic carbocycles. The molecule has 0 aromatic heterocycles. The second-order valence-electron chi connectivity index (χ2n) is 4.68. The van der Waals surface area contributed by atoms with Gasteiger partial charge in [-0.3, -0.25) is 4.79 Å². The highest BCUT2D eigenvalue weighted by Gasteiger charge is 2.02. The minimum absolute atomic E-state index is 0.0356. The number of amides is 1. The molecular weight excluding hydrogens is 273 g/mol. The summed E-state index contributed by atoms with van der Waals surface area (Å²) in [7, 11) is 0. The normalized spacial score (nSPS) is 10.4. The summed E-state index contributed by atoms with van der Waals surface area (Å²) < 4.78 is 22.5. The molecule has 0 radical (unpaired) electrons. The first-order chi connectivity index (χ1) is 10.3. The van der Waals surface area contributed by atoms with Gasteiger partial charge in [0.2, 0.25) is 5.91 Å². The number of unbranched alkanes of at least 4 members (excludes halogenated alkanes) is 1. The number of benzene rings is 1. The van der Waals surface area contributed by atoms with E-state index in [9.17, 15) is 9.18 Å². The van der Waals surface area contributed by atoms with Crippen LogP contribution in [-0.2, 0) is 9.53 Å². The topological polar surface area (TPSA) is 47.6 Å². The van der Waals surface area contributed by atoms with Gasteiger partial charge in [-0.25, -0.2) is 4.39 Å². The Bertz CT molecular complexity index is 395. The summed E-state index contributed by atoms with van der Waals surface area (Å²) in [5.41, 5.74) is 0.708. The first-order valence-corrected chi connectivity index (χ1v) is 7.42. The lowest BCUT2D eigenvalue weighted by atomic mass is 10.2. The molecule has 5 heteroatoms. The second kappa shape index (κ2) is 11.1. The quantitative estimate of drug-likeness (QED) is 0.635. The van der Waals surface area contributed by atoms with Crippen molar-refractivity contribution in [1.82, 2.24) is 0 Å². The lowest BCUT2D eigenvalue weighted by molar-refractivity contribution is -0.116. The van der Waals surface area contributed by atoms with Crippen molar-refractivity contribution in [2.24, 2.45) is 0 Å². The average molecular weight is 297 g/mol.